The number of aromatic amines is 1. The second-order valence-electron chi connectivity index (χ2n) is 11.9. The quantitative estimate of drug-likeness (QED) is 0.106. The average Bonchev–Trinajstić information content (AvgIpc) is 3.69. The molecule has 2 heterocycles. The van der Waals surface area contributed by atoms with Crippen molar-refractivity contribution in [1.82, 2.24) is 15.0 Å². The number of pyridine rings is 1. The van der Waals surface area contributed by atoms with Crippen LogP contribution in [0.2, 0.25) is 0 Å². The summed E-state index contributed by atoms with van der Waals surface area (Å²) in [6.45, 7) is 0. The van der Waals surface area contributed by atoms with Gasteiger partial charge in [-0.2, -0.15) is 52.7 Å². The van der Waals surface area contributed by atoms with Gasteiger partial charge in [-0.3, -0.25) is 14.6 Å². The second-order valence-corrected chi connectivity index (χ2v) is 11.9. The average molecular weight is 818 g/mol. The fourth-order valence-electron chi connectivity index (χ4n) is 5.59. The number of aromatic nitrogens is 3. The Bertz CT molecular complexity index is 2370. The van der Waals surface area contributed by atoms with Crippen LogP contribution in [0.3, 0.4) is 0 Å². The number of H-pyrrole nitrogens is 1. The first-order chi connectivity index (χ1) is 26.4. The molecule has 0 saturated heterocycles. The van der Waals surface area contributed by atoms with Gasteiger partial charge in [-0.05, 0) is 22.9 Å². The van der Waals surface area contributed by atoms with E-state index in [1.54, 1.807) is 0 Å². The van der Waals surface area contributed by atoms with Crippen LogP contribution in [0.4, 0.5) is 64.1 Å². The SMILES string of the molecule is O=C(Nc1c(C(O)(C(F)(F)F)C(F)(F)F)ccc2ccccc12)c1cccnc1.O=C(Nc1c(C(O)(C(F)(F)F)C(F)(F)F)ccc2ccccc12)c1cnc[nH]1. The van der Waals surface area contributed by atoms with Gasteiger partial charge in [0.25, 0.3) is 23.0 Å². The third-order valence-electron chi connectivity index (χ3n) is 8.42. The second kappa shape index (κ2) is 15.0. The van der Waals surface area contributed by atoms with Crippen LogP contribution in [0.25, 0.3) is 21.5 Å². The Balaban J connectivity index is 0.000000218. The summed E-state index contributed by atoms with van der Waals surface area (Å²) in [6.07, 6.45) is -19.8. The largest absolute Gasteiger partial charge is 0.430 e. The fourth-order valence-corrected chi connectivity index (χ4v) is 5.59. The third kappa shape index (κ3) is 7.79. The van der Waals surface area contributed by atoms with Crippen molar-refractivity contribution in [2.75, 3.05) is 10.6 Å². The van der Waals surface area contributed by atoms with Crippen LogP contribution >= 0.6 is 0 Å². The molecule has 21 heteroatoms. The molecule has 2 aromatic heterocycles. The lowest BCUT2D eigenvalue weighted by molar-refractivity contribution is -0.376. The predicted molar refractivity (Wildman–Crippen MR) is 179 cm³/mol. The summed E-state index contributed by atoms with van der Waals surface area (Å²) in [5.41, 5.74) is -15.4. The van der Waals surface area contributed by atoms with Crippen LogP contribution in [0.15, 0.2) is 110 Å². The van der Waals surface area contributed by atoms with Gasteiger partial charge in [0.1, 0.15) is 5.69 Å². The summed E-state index contributed by atoms with van der Waals surface area (Å²) in [5.74, 6) is -2.01. The van der Waals surface area contributed by atoms with E-state index in [1.807, 2.05) is 5.32 Å². The number of amides is 2. The van der Waals surface area contributed by atoms with Crippen molar-refractivity contribution in [2.45, 2.75) is 35.9 Å². The smallest absolute Gasteiger partial charge is 0.369 e. The van der Waals surface area contributed by atoms with Gasteiger partial charge < -0.3 is 25.8 Å². The molecule has 5 N–H and O–H groups in total. The van der Waals surface area contributed by atoms with Crippen molar-refractivity contribution in [1.29, 1.82) is 0 Å². The van der Waals surface area contributed by atoms with Gasteiger partial charge in [-0.15, -0.1) is 0 Å². The number of alkyl halides is 12. The zero-order valence-electron chi connectivity index (χ0n) is 28.0. The number of benzene rings is 4. The maximum absolute atomic E-state index is 13.4. The molecule has 0 spiro atoms. The Labute approximate surface area is 311 Å². The molecule has 6 aromatic rings. The number of carbonyl (C=O) groups is 2. The van der Waals surface area contributed by atoms with Gasteiger partial charge in [-0.25, -0.2) is 4.98 Å². The molecule has 0 radical (unpaired) electrons. The number of halogens is 12. The van der Waals surface area contributed by atoms with Crippen molar-refractivity contribution in [2.24, 2.45) is 0 Å². The molecule has 0 aliphatic heterocycles. The Morgan fingerprint density at radius 2 is 0.965 bits per heavy atom. The number of imidazole rings is 1. The topological polar surface area (TPSA) is 140 Å². The number of hydrogen-bond acceptors (Lipinski definition) is 6. The normalized spacial score (nSPS) is 12.9. The third-order valence-corrected chi connectivity index (χ3v) is 8.42. The highest BCUT2D eigenvalue weighted by Crippen LogP contribution is 2.54. The van der Waals surface area contributed by atoms with E-state index in [2.05, 4.69) is 20.3 Å². The highest BCUT2D eigenvalue weighted by atomic mass is 19.4. The van der Waals surface area contributed by atoms with Crippen molar-refractivity contribution in [3.05, 3.63) is 132 Å². The van der Waals surface area contributed by atoms with E-state index in [4.69, 9.17) is 0 Å². The van der Waals surface area contributed by atoms with Gasteiger partial charge in [0.15, 0.2) is 0 Å². The summed E-state index contributed by atoms with van der Waals surface area (Å²) in [4.78, 5) is 34.4. The van der Waals surface area contributed by atoms with Gasteiger partial charge in [-0.1, -0.05) is 72.8 Å². The molecule has 0 unspecified atom stereocenters. The van der Waals surface area contributed by atoms with Crippen LogP contribution in [0, 0.1) is 0 Å². The first-order valence-corrected chi connectivity index (χ1v) is 15.7. The van der Waals surface area contributed by atoms with E-state index < -0.39 is 70.2 Å². The van der Waals surface area contributed by atoms with Crippen LogP contribution < -0.4 is 10.6 Å². The molecule has 4 aromatic carbocycles. The number of aliphatic hydroxyl groups is 2. The van der Waals surface area contributed by atoms with E-state index in [0.717, 1.165) is 30.9 Å². The minimum Gasteiger partial charge on any atom is -0.369 e. The first kappa shape index (κ1) is 41.9. The number of fused-ring (bicyclic) bond motifs is 2. The van der Waals surface area contributed by atoms with E-state index in [1.165, 1.54) is 66.9 Å². The minimum atomic E-state index is -6.10. The number of carbonyl (C=O) groups excluding carboxylic acids is 2. The van der Waals surface area contributed by atoms with E-state index in [9.17, 15) is 72.5 Å². The summed E-state index contributed by atoms with van der Waals surface area (Å²) < 4.78 is 161. The van der Waals surface area contributed by atoms with Crippen LogP contribution in [-0.4, -0.2) is 61.7 Å². The molecule has 0 aliphatic rings. The lowest BCUT2D eigenvalue weighted by atomic mass is 9.88. The van der Waals surface area contributed by atoms with Crippen molar-refractivity contribution in [3.8, 4) is 0 Å². The summed E-state index contributed by atoms with van der Waals surface area (Å²) in [7, 11) is 0. The lowest BCUT2D eigenvalue weighted by Gasteiger charge is -2.34. The Morgan fingerprint density at radius 1 is 0.526 bits per heavy atom. The van der Waals surface area contributed by atoms with Gasteiger partial charge in [0.05, 0.1) is 29.5 Å². The highest BCUT2D eigenvalue weighted by molar-refractivity contribution is 6.10. The predicted octanol–water partition coefficient (Wildman–Crippen LogP) is 8.93. The molecule has 6 rings (SSSR count). The molecule has 2 amide bonds. The summed E-state index contributed by atoms with van der Waals surface area (Å²) in [6, 6.07) is 16.8. The molecule has 0 fully saturated rings. The Hall–Kier alpha value is -6.22. The summed E-state index contributed by atoms with van der Waals surface area (Å²) in [5, 5.41) is 24.1. The molecule has 9 nitrogen and oxygen atoms in total. The van der Waals surface area contributed by atoms with Gasteiger partial charge in [0.2, 0.25) is 0 Å². The maximum Gasteiger partial charge on any atom is 0.430 e. The number of rotatable bonds is 6. The Morgan fingerprint density at radius 3 is 1.35 bits per heavy atom. The number of nitrogens with zero attached hydrogens (tertiary/aromatic N) is 2. The van der Waals surface area contributed by atoms with E-state index in [-0.39, 0.29) is 32.8 Å². The van der Waals surface area contributed by atoms with Crippen LogP contribution in [0.5, 0.6) is 0 Å². The molecule has 300 valence electrons. The zero-order chi connectivity index (χ0) is 42.2. The van der Waals surface area contributed by atoms with Crippen LogP contribution in [0.1, 0.15) is 32.0 Å². The Kier molecular flexibility index (Phi) is 11.1. The molecular weight excluding hydrogens is 794 g/mol. The van der Waals surface area contributed by atoms with Crippen molar-refractivity contribution < 1.29 is 72.5 Å². The molecule has 0 atom stereocenters. The maximum atomic E-state index is 13.4. The number of hydrogen-bond donors (Lipinski definition) is 5. The number of anilines is 2. The minimum absolute atomic E-state index is 0.0889. The highest BCUT2D eigenvalue weighted by Gasteiger charge is 2.73. The van der Waals surface area contributed by atoms with Crippen molar-refractivity contribution in [3.63, 3.8) is 0 Å². The van der Waals surface area contributed by atoms with E-state index in [0.29, 0.717) is 12.1 Å². The first-order valence-electron chi connectivity index (χ1n) is 15.7. The molecule has 0 aliphatic carbocycles. The monoisotopic (exact) mass is 817 g/mol. The number of nitrogens with one attached hydrogen (secondary N) is 3. The van der Waals surface area contributed by atoms with Gasteiger partial charge >= 0.3 is 24.7 Å². The molecule has 57 heavy (non-hydrogen) atoms. The summed E-state index contributed by atoms with van der Waals surface area (Å²) >= 11 is 0. The van der Waals surface area contributed by atoms with Gasteiger partial charge in [0, 0.05) is 34.3 Å². The van der Waals surface area contributed by atoms with E-state index >= 15 is 0 Å². The molecular formula is C36H23F12N5O4. The van der Waals surface area contributed by atoms with Crippen LogP contribution in [-0.2, 0) is 11.2 Å². The fraction of sp³-hybridized carbons (Fsp3) is 0.167. The molecule has 0 bridgehead atoms. The standard InChI is InChI=1S/C19H12F6N2O2.C17H11F6N3O2/c20-18(21,22)17(29,19(23,24)25)14-8-7-11-4-1-2-6-13(11)15(14)27-16(28)12-5-3-9-26-10-12;18-16(19,20)15(28,17(21,22)23)11-6-5-9-3-1-2-4-10(9)13(11)26-14(27)12-7-24-8-25-12/h1-10,29H,(H,27,28);1-8,28H,(H,24,25)(H,26,27). The van der Waals surface area contributed by atoms with Crippen molar-refractivity contribution >= 4 is 44.7 Å². The zero-order valence-corrected chi connectivity index (χ0v) is 28.0. The molecule has 0 saturated carbocycles. The lowest BCUT2D eigenvalue weighted by Crippen LogP contribution is -2.54.